The summed E-state index contributed by atoms with van der Waals surface area (Å²) in [4.78, 5) is 25.6. The van der Waals surface area contributed by atoms with Gasteiger partial charge in [0.1, 0.15) is 27.8 Å². The van der Waals surface area contributed by atoms with Gasteiger partial charge >= 0.3 is 0 Å². The zero-order valence-corrected chi connectivity index (χ0v) is 14.9. The van der Waals surface area contributed by atoms with Gasteiger partial charge < -0.3 is 5.32 Å². The third kappa shape index (κ3) is 3.44. The fraction of sp³-hybridized carbons (Fsp3) is 0.0556. The summed E-state index contributed by atoms with van der Waals surface area (Å²) in [5, 5.41) is 7.28. The molecule has 0 bridgehead atoms. The number of carbonyl (C=O) groups is 1. The zero-order valence-electron chi connectivity index (χ0n) is 14.1. The molecule has 1 N–H and O–H groups in total. The van der Waals surface area contributed by atoms with Gasteiger partial charge in [0, 0.05) is 24.0 Å². The molecule has 0 fully saturated rings. The first kappa shape index (κ1) is 17.0. The van der Waals surface area contributed by atoms with Crippen molar-refractivity contribution in [2.75, 3.05) is 5.32 Å². The lowest BCUT2D eigenvalue weighted by molar-refractivity contribution is 0.102. The number of aromatic nitrogens is 5. The summed E-state index contributed by atoms with van der Waals surface area (Å²) in [6, 6.07) is 9.72. The predicted octanol–water partition coefficient (Wildman–Crippen LogP) is 3.49. The van der Waals surface area contributed by atoms with Crippen molar-refractivity contribution in [3.05, 3.63) is 71.5 Å². The average Bonchev–Trinajstić information content (AvgIpc) is 3.32. The number of aryl methyl sites for hydroxylation is 1. The molecule has 4 rings (SSSR count). The summed E-state index contributed by atoms with van der Waals surface area (Å²) in [6.45, 7) is 1.71. The molecule has 0 aliphatic heterocycles. The Morgan fingerprint density at radius 2 is 2.07 bits per heavy atom. The molecule has 9 heteroatoms. The summed E-state index contributed by atoms with van der Waals surface area (Å²) in [6.07, 6.45) is 4.71. The van der Waals surface area contributed by atoms with Crippen LogP contribution in [-0.4, -0.2) is 30.6 Å². The molecular formula is C18H13FN6OS. The molecule has 0 atom stereocenters. The predicted molar refractivity (Wildman–Crippen MR) is 99.4 cm³/mol. The highest BCUT2D eigenvalue weighted by atomic mass is 32.1. The summed E-state index contributed by atoms with van der Waals surface area (Å²) < 4.78 is 15.5. The maximum absolute atomic E-state index is 14.0. The van der Waals surface area contributed by atoms with E-state index >= 15 is 0 Å². The van der Waals surface area contributed by atoms with E-state index in [9.17, 15) is 9.18 Å². The van der Waals surface area contributed by atoms with Crippen LogP contribution >= 0.6 is 11.3 Å². The van der Waals surface area contributed by atoms with Crippen LogP contribution in [0.15, 0.2) is 55.1 Å². The Morgan fingerprint density at radius 1 is 1.22 bits per heavy atom. The highest BCUT2D eigenvalue weighted by molar-refractivity contribution is 7.17. The van der Waals surface area contributed by atoms with E-state index in [1.807, 2.05) is 0 Å². The highest BCUT2D eigenvalue weighted by Gasteiger charge is 2.18. The van der Waals surface area contributed by atoms with Gasteiger partial charge in [0.25, 0.3) is 5.91 Å². The molecule has 1 amide bonds. The molecule has 3 heterocycles. The summed E-state index contributed by atoms with van der Waals surface area (Å²) in [5.41, 5.74) is 0.893. The van der Waals surface area contributed by atoms with Gasteiger partial charge in [0.15, 0.2) is 5.82 Å². The second-order valence-electron chi connectivity index (χ2n) is 5.58. The van der Waals surface area contributed by atoms with Gasteiger partial charge in [-0.05, 0) is 25.1 Å². The van der Waals surface area contributed by atoms with Crippen molar-refractivity contribution >= 4 is 23.1 Å². The lowest BCUT2D eigenvalue weighted by atomic mass is 10.2. The Bertz CT molecular complexity index is 1110. The molecule has 1 aromatic carbocycles. The Hall–Kier alpha value is -3.46. The minimum absolute atomic E-state index is 0.334. The number of benzene rings is 1. The van der Waals surface area contributed by atoms with E-state index in [1.54, 1.807) is 54.3 Å². The Balaban J connectivity index is 1.59. The zero-order chi connectivity index (χ0) is 18.8. The van der Waals surface area contributed by atoms with Gasteiger partial charge in [0.2, 0.25) is 0 Å². The van der Waals surface area contributed by atoms with Crippen molar-refractivity contribution in [3.8, 4) is 16.4 Å². The van der Waals surface area contributed by atoms with Gasteiger partial charge in [-0.2, -0.15) is 5.10 Å². The topological polar surface area (TPSA) is 85.6 Å². The Kier molecular flexibility index (Phi) is 4.43. The Morgan fingerprint density at radius 3 is 2.85 bits per heavy atom. The first-order chi connectivity index (χ1) is 13.1. The van der Waals surface area contributed by atoms with Crippen molar-refractivity contribution in [2.45, 2.75) is 6.92 Å². The van der Waals surface area contributed by atoms with Crippen LogP contribution in [0.3, 0.4) is 0 Å². The quantitative estimate of drug-likeness (QED) is 0.586. The molecule has 0 radical (unpaired) electrons. The number of anilines is 1. The van der Waals surface area contributed by atoms with Crippen LogP contribution in [0, 0.1) is 12.7 Å². The minimum atomic E-state index is -0.377. The minimum Gasteiger partial charge on any atom is -0.306 e. The van der Waals surface area contributed by atoms with Crippen LogP contribution in [0.25, 0.3) is 16.4 Å². The molecule has 0 spiro atoms. The van der Waals surface area contributed by atoms with Crippen LogP contribution in [0.5, 0.6) is 0 Å². The van der Waals surface area contributed by atoms with Gasteiger partial charge in [-0.3, -0.25) is 4.79 Å². The van der Waals surface area contributed by atoms with E-state index in [0.29, 0.717) is 32.8 Å². The van der Waals surface area contributed by atoms with Crippen LogP contribution in [0.4, 0.5) is 10.2 Å². The van der Waals surface area contributed by atoms with Gasteiger partial charge in [-0.15, -0.1) is 11.3 Å². The largest absolute Gasteiger partial charge is 0.306 e. The van der Waals surface area contributed by atoms with Crippen molar-refractivity contribution in [2.24, 2.45) is 0 Å². The van der Waals surface area contributed by atoms with Crippen LogP contribution in [0.1, 0.15) is 15.4 Å². The average molecular weight is 380 g/mol. The number of thiazole rings is 1. The molecule has 0 saturated carbocycles. The highest BCUT2D eigenvalue weighted by Crippen LogP contribution is 2.30. The van der Waals surface area contributed by atoms with Gasteiger partial charge in [-0.1, -0.05) is 12.1 Å². The molecule has 7 nitrogen and oxygen atoms in total. The molecule has 27 heavy (non-hydrogen) atoms. The number of carbonyl (C=O) groups excluding carboxylic acids is 1. The second-order valence-corrected chi connectivity index (χ2v) is 6.58. The fourth-order valence-electron chi connectivity index (χ4n) is 2.48. The smallest absolute Gasteiger partial charge is 0.268 e. The molecule has 134 valence electrons. The first-order valence-corrected chi connectivity index (χ1v) is 8.79. The number of nitrogens with one attached hydrogen (secondary N) is 1. The van der Waals surface area contributed by atoms with Crippen LogP contribution in [-0.2, 0) is 0 Å². The standard InChI is InChI=1S/C18H13FN6OS/c1-11-16(27-18(23-11)12-5-2-3-6-13(12)19)17(26)24-14-9-15(21-10-20-14)25-8-4-7-22-25/h2-10H,1H3,(H,20,21,24,26). The summed E-state index contributed by atoms with van der Waals surface area (Å²) in [5.74, 6) is 0.120. The van der Waals surface area contributed by atoms with Crippen LogP contribution < -0.4 is 5.32 Å². The third-order valence-electron chi connectivity index (χ3n) is 3.74. The van der Waals surface area contributed by atoms with Gasteiger partial charge in [-0.25, -0.2) is 24.0 Å². The summed E-state index contributed by atoms with van der Waals surface area (Å²) >= 11 is 1.13. The van der Waals surface area contributed by atoms with Crippen molar-refractivity contribution < 1.29 is 9.18 Å². The van der Waals surface area contributed by atoms with Crippen molar-refractivity contribution in [1.82, 2.24) is 24.7 Å². The Labute approximate surface area is 157 Å². The lowest BCUT2D eigenvalue weighted by Crippen LogP contribution is -2.13. The molecule has 0 unspecified atom stereocenters. The van der Waals surface area contributed by atoms with Gasteiger partial charge in [0.05, 0.1) is 5.69 Å². The number of rotatable bonds is 4. The van der Waals surface area contributed by atoms with Crippen LogP contribution in [0.2, 0.25) is 0 Å². The maximum Gasteiger partial charge on any atom is 0.268 e. The molecule has 3 aromatic heterocycles. The summed E-state index contributed by atoms with van der Waals surface area (Å²) in [7, 11) is 0. The van der Waals surface area contributed by atoms with E-state index in [4.69, 9.17) is 0 Å². The fourth-order valence-corrected chi connectivity index (χ4v) is 3.46. The van der Waals surface area contributed by atoms with E-state index in [-0.39, 0.29) is 11.7 Å². The molecular weight excluding hydrogens is 367 g/mol. The number of nitrogens with zero attached hydrogens (tertiary/aromatic N) is 5. The molecule has 0 saturated heterocycles. The van der Waals surface area contributed by atoms with Crippen molar-refractivity contribution in [3.63, 3.8) is 0 Å². The number of amides is 1. The third-order valence-corrected chi connectivity index (χ3v) is 4.93. The monoisotopic (exact) mass is 380 g/mol. The number of halogens is 1. The first-order valence-electron chi connectivity index (χ1n) is 7.97. The van der Waals surface area contributed by atoms with E-state index in [2.05, 4.69) is 25.4 Å². The molecule has 0 aliphatic rings. The SMILES string of the molecule is Cc1nc(-c2ccccc2F)sc1C(=O)Nc1cc(-n2cccn2)ncn1. The second kappa shape index (κ2) is 7.04. The van der Waals surface area contributed by atoms with E-state index < -0.39 is 0 Å². The van der Waals surface area contributed by atoms with Crippen molar-refractivity contribution in [1.29, 1.82) is 0 Å². The van der Waals surface area contributed by atoms with E-state index in [0.717, 1.165) is 11.3 Å². The normalized spacial score (nSPS) is 10.7. The number of hydrogen-bond donors (Lipinski definition) is 1. The molecule has 4 aromatic rings. The number of hydrogen-bond acceptors (Lipinski definition) is 6. The lowest BCUT2D eigenvalue weighted by Gasteiger charge is -2.05. The molecule has 0 aliphatic carbocycles. The van der Waals surface area contributed by atoms with E-state index in [1.165, 1.54) is 12.4 Å². The maximum atomic E-state index is 14.0.